The Morgan fingerprint density at radius 3 is 2.85 bits per heavy atom. The van der Waals surface area contributed by atoms with Gasteiger partial charge in [0, 0.05) is 29.6 Å². The molecule has 6 heteroatoms. The predicted octanol–water partition coefficient (Wildman–Crippen LogP) is 4.04. The van der Waals surface area contributed by atoms with Gasteiger partial charge in [0.2, 0.25) is 0 Å². The number of benzene rings is 1. The molecule has 0 fully saturated rings. The number of fused-ring (bicyclic) bond motifs is 3. The molecule has 102 valence electrons. The minimum Gasteiger partial charge on any atom is -0.347 e. The summed E-state index contributed by atoms with van der Waals surface area (Å²) >= 11 is 0. The first-order valence-electron chi connectivity index (χ1n) is 6.30. The molecule has 0 spiro atoms. The summed E-state index contributed by atoms with van der Waals surface area (Å²) in [6, 6.07) is 4.23. The normalized spacial score (nSPS) is 13.6. The van der Waals surface area contributed by atoms with E-state index in [0.29, 0.717) is 13.0 Å². The number of aromatic nitrogens is 1. The van der Waals surface area contributed by atoms with Gasteiger partial charge in [-0.2, -0.15) is 0 Å². The highest BCUT2D eigenvalue weighted by molar-refractivity contribution is 5.74. The monoisotopic (exact) mass is 274 g/mol. The number of nitrogens with zero attached hydrogens (tertiary/aromatic N) is 4. The number of halogens is 2. The Bertz CT molecular complexity index is 729. The van der Waals surface area contributed by atoms with Crippen LogP contribution in [0.15, 0.2) is 29.5 Å². The van der Waals surface area contributed by atoms with Gasteiger partial charge in [-0.1, -0.05) is 12.0 Å². The fourth-order valence-corrected chi connectivity index (χ4v) is 2.71. The molecule has 1 aliphatic rings. The zero-order chi connectivity index (χ0) is 14.3. The van der Waals surface area contributed by atoms with E-state index < -0.39 is 11.6 Å². The maximum absolute atomic E-state index is 13.4. The van der Waals surface area contributed by atoms with Crippen LogP contribution in [0.5, 0.6) is 0 Å². The zero-order valence-electron chi connectivity index (χ0n) is 10.8. The standard InChI is InChI=1S/C14H12F2N4/c1-8(18-19-17)7-20-3-2-9-4-10-5-12(15)13(16)6-11(10)14(9)20/h2-3,5-6,8H,4,7H2,1H3/t8-/m0/s1. The number of azide groups is 1. The lowest BCUT2D eigenvalue weighted by Gasteiger charge is -2.11. The minimum atomic E-state index is -0.840. The Kier molecular flexibility index (Phi) is 2.95. The van der Waals surface area contributed by atoms with E-state index in [4.69, 9.17) is 5.53 Å². The molecule has 4 nitrogen and oxygen atoms in total. The van der Waals surface area contributed by atoms with Crippen LogP contribution in [0.2, 0.25) is 0 Å². The summed E-state index contributed by atoms with van der Waals surface area (Å²) in [5, 5.41) is 3.64. The molecule has 1 aromatic carbocycles. The smallest absolute Gasteiger partial charge is 0.159 e. The third-order valence-electron chi connectivity index (χ3n) is 3.54. The summed E-state index contributed by atoms with van der Waals surface area (Å²) in [6.45, 7) is 2.32. The molecule has 0 amide bonds. The van der Waals surface area contributed by atoms with Crippen LogP contribution in [-0.2, 0) is 13.0 Å². The van der Waals surface area contributed by atoms with E-state index in [9.17, 15) is 8.78 Å². The predicted molar refractivity (Wildman–Crippen MR) is 71.2 cm³/mol. The zero-order valence-corrected chi connectivity index (χ0v) is 10.8. The average molecular weight is 274 g/mol. The van der Waals surface area contributed by atoms with E-state index >= 15 is 0 Å². The van der Waals surface area contributed by atoms with Gasteiger partial charge in [-0.3, -0.25) is 0 Å². The topological polar surface area (TPSA) is 53.7 Å². The molecular weight excluding hydrogens is 262 g/mol. The van der Waals surface area contributed by atoms with Crippen LogP contribution < -0.4 is 0 Å². The number of hydrogen-bond donors (Lipinski definition) is 0. The molecule has 1 heterocycles. The van der Waals surface area contributed by atoms with Gasteiger partial charge in [0.05, 0.1) is 11.7 Å². The van der Waals surface area contributed by atoms with Crippen molar-refractivity contribution in [1.29, 1.82) is 0 Å². The molecule has 1 aliphatic carbocycles. The summed E-state index contributed by atoms with van der Waals surface area (Å²) in [7, 11) is 0. The Hall–Kier alpha value is -2.33. The molecule has 0 saturated carbocycles. The van der Waals surface area contributed by atoms with Gasteiger partial charge in [-0.25, -0.2) is 8.78 Å². The summed E-state index contributed by atoms with van der Waals surface area (Å²) in [5.41, 5.74) is 11.9. The largest absolute Gasteiger partial charge is 0.347 e. The van der Waals surface area contributed by atoms with Gasteiger partial charge in [-0.15, -0.1) is 0 Å². The first kappa shape index (κ1) is 12.7. The molecule has 0 unspecified atom stereocenters. The summed E-state index contributed by atoms with van der Waals surface area (Å²) in [4.78, 5) is 2.78. The van der Waals surface area contributed by atoms with Crippen LogP contribution in [0.4, 0.5) is 8.78 Å². The third-order valence-corrected chi connectivity index (χ3v) is 3.54. The van der Waals surface area contributed by atoms with Crippen LogP contribution in [0.1, 0.15) is 18.1 Å². The molecule has 0 saturated heterocycles. The number of rotatable bonds is 3. The lowest BCUT2D eigenvalue weighted by Crippen LogP contribution is -2.10. The van der Waals surface area contributed by atoms with Gasteiger partial charge in [0.15, 0.2) is 11.6 Å². The molecule has 1 aromatic heterocycles. The van der Waals surface area contributed by atoms with Crippen molar-refractivity contribution in [2.75, 3.05) is 0 Å². The van der Waals surface area contributed by atoms with Crippen LogP contribution in [0, 0.1) is 11.6 Å². The van der Waals surface area contributed by atoms with Crippen molar-refractivity contribution < 1.29 is 8.78 Å². The van der Waals surface area contributed by atoms with Crippen LogP contribution in [0.25, 0.3) is 21.7 Å². The van der Waals surface area contributed by atoms with Crippen molar-refractivity contribution in [2.24, 2.45) is 5.11 Å². The molecule has 0 aliphatic heterocycles. The molecule has 20 heavy (non-hydrogen) atoms. The molecule has 2 aromatic rings. The fourth-order valence-electron chi connectivity index (χ4n) is 2.71. The maximum atomic E-state index is 13.4. The quantitative estimate of drug-likeness (QED) is 0.393. The first-order chi connectivity index (χ1) is 9.60. The second kappa shape index (κ2) is 4.65. The maximum Gasteiger partial charge on any atom is 0.159 e. The van der Waals surface area contributed by atoms with E-state index in [2.05, 4.69) is 10.0 Å². The summed E-state index contributed by atoms with van der Waals surface area (Å²) in [5.74, 6) is -1.66. The molecule has 1 atom stereocenters. The second-order valence-corrected chi connectivity index (χ2v) is 5.00. The third kappa shape index (κ3) is 1.94. The van der Waals surface area contributed by atoms with E-state index in [-0.39, 0.29) is 6.04 Å². The highest BCUT2D eigenvalue weighted by atomic mass is 19.2. The van der Waals surface area contributed by atoms with Crippen molar-refractivity contribution in [1.82, 2.24) is 4.57 Å². The Balaban J connectivity index is 2.04. The average Bonchev–Trinajstić information content (AvgIpc) is 2.91. The highest BCUT2D eigenvalue weighted by Gasteiger charge is 2.24. The number of hydrogen-bond acceptors (Lipinski definition) is 1. The van der Waals surface area contributed by atoms with Gasteiger partial charge in [0.1, 0.15) is 0 Å². The van der Waals surface area contributed by atoms with E-state index in [1.54, 1.807) is 0 Å². The van der Waals surface area contributed by atoms with Crippen LogP contribution >= 0.6 is 0 Å². The van der Waals surface area contributed by atoms with Gasteiger partial charge in [-0.05, 0) is 34.9 Å². The Morgan fingerprint density at radius 1 is 1.35 bits per heavy atom. The van der Waals surface area contributed by atoms with Gasteiger partial charge >= 0.3 is 0 Å². The molecule has 0 bridgehead atoms. The van der Waals surface area contributed by atoms with E-state index in [1.807, 2.05) is 23.8 Å². The molecule has 0 radical (unpaired) electrons. The first-order valence-corrected chi connectivity index (χ1v) is 6.30. The molecule has 0 N–H and O–H groups in total. The van der Waals surface area contributed by atoms with Crippen molar-refractivity contribution in [3.05, 3.63) is 57.6 Å². The SMILES string of the molecule is C[C@@H](Cn1ccc2c1-c1cc(F)c(F)cc1C2)N=[N+]=[N-]. The minimum absolute atomic E-state index is 0.203. The molecule has 3 rings (SSSR count). The van der Waals surface area contributed by atoms with Crippen molar-refractivity contribution in [3.63, 3.8) is 0 Å². The Labute approximate surface area is 114 Å². The van der Waals surface area contributed by atoms with Crippen LogP contribution in [0.3, 0.4) is 0 Å². The summed E-state index contributed by atoms with van der Waals surface area (Å²) in [6.07, 6.45) is 2.49. The van der Waals surface area contributed by atoms with Crippen LogP contribution in [-0.4, -0.2) is 10.6 Å². The van der Waals surface area contributed by atoms with Gasteiger partial charge < -0.3 is 4.57 Å². The molecular formula is C14H12F2N4. The second-order valence-electron chi connectivity index (χ2n) is 5.00. The van der Waals surface area contributed by atoms with E-state index in [1.165, 1.54) is 12.1 Å². The van der Waals surface area contributed by atoms with Gasteiger partial charge in [0.25, 0.3) is 0 Å². The summed E-state index contributed by atoms with van der Waals surface area (Å²) < 4.78 is 28.6. The lowest BCUT2D eigenvalue weighted by atomic mass is 10.1. The van der Waals surface area contributed by atoms with E-state index in [0.717, 1.165) is 22.4 Å². The Morgan fingerprint density at radius 2 is 2.10 bits per heavy atom. The van der Waals surface area contributed by atoms with Crippen molar-refractivity contribution in [3.8, 4) is 11.3 Å². The highest BCUT2D eigenvalue weighted by Crippen LogP contribution is 2.38. The van der Waals surface area contributed by atoms with Crippen molar-refractivity contribution in [2.45, 2.75) is 25.9 Å². The fraction of sp³-hybridized carbons (Fsp3) is 0.286. The lowest BCUT2D eigenvalue weighted by molar-refractivity contribution is 0.508. The van der Waals surface area contributed by atoms with Crippen molar-refractivity contribution >= 4 is 0 Å².